The number of benzene rings is 2. The van der Waals surface area contributed by atoms with Gasteiger partial charge >= 0.3 is 0 Å². The van der Waals surface area contributed by atoms with E-state index in [9.17, 15) is 12.8 Å². The minimum Gasteiger partial charge on any atom is -0.334 e. The van der Waals surface area contributed by atoms with Crippen LogP contribution in [0.1, 0.15) is 30.1 Å². The van der Waals surface area contributed by atoms with Gasteiger partial charge in [-0.1, -0.05) is 11.2 Å². The van der Waals surface area contributed by atoms with Crippen molar-refractivity contribution in [3.8, 4) is 17.5 Å². The van der Waals surface area contributed by atoms with Gasteiger partial charge in [-0.25, -0.2) is 12.8 Å². The molecule has 1 aliphatic rings. The number of sulfonamides is 1. The van der Waals surface area contributed by atoms with Gasteiger partial charge < -0.3 is 4.52 Å². The molecule has 148 valence electrons. The van der Waals surface area contributed by atoms with E-state index in [-0.39, 0.29) is 16.6 Å². The zero-order valence-electron chi connectivity index (χ0n) is 15.3. The van der Waals surface area contributed by atoms with Crippen LogP contribution < -0.4 is 0 Å². The van der Waals surface area contributed by atoms with Gasteiger partial charge in [0.2, 0.25) is 10.0 Å². The zero-order chi connectivity index (χ0) is 20.4. The Morgan fingerprint density at radius 3 is 2.55 bits per heavy atom. The highest BCUT2D eigenvalue weighted by molar-refractivity contribution is 7.89. The van der Waals surface area contributed by atoms with Crippen LogP contribution in [0.4, 0.5) is 4.39 Å². The Balaban J connectivity index is 1.46. The van der Waals surface area contributed by atoms with Gasteiger partial charge in [-0.2, -0.15) is 14.6 Å². The van der Waals surface area contributed by atoms with Crippen LogP contribution in [0.2, 0.25) is 0 Å². The van der Waals surface area contributed by atoms with Crippen molar-refractivity contribution in [2.24, 2.45) is 0 Å². The molecule has 0 unspecified atom stereocenters. The monoisotopic (exact) mass is 412 g/mol. The summed E-state index contributed by atoms with van der Waals surface area (Å²) in [5.41, 5.74) is 0.934. The maximum absolute atomic E-state index is 13.1. The van der Waals surface area contributed by atoms with Crippen LogP contribution in [-0.2, 0) is 10.0 Å². The highest BCUT2D eigenvalue weighted by Gasteiger charge is 2.32. The lowest BCUT2D eigenvalue weighted by Crippen LogP contribution is -2.38. The molecule has 29 heavy (non-hydrogen) atoms. The van der Waals surface area contributed by atoms with Crippen molar-refractivity contribution in [3.05, 3.63) is 65.7 Å². The summed E-state index contributed by atoms with van der Waals surface area (Å²) in [6, 6.07) is 13.8. The van der Waals surface area contributed by atoms with Crippen molar-refractivity contribution < 1.29 is 17.3 Å². The van der Waals surface area contributed by atoms with Crippen LogP contribution >= 0.6 is 0 Å². The lowest BCUT2D eigenvalue weighted by molar-refractivity contribution is 0.307. The second-order valence-corrected chi connectivity index (χ2v) is 8.72. The summed E-state index contributed by atoms with van der Waals surface area (Å²) < 4.78 is 45.5. The first kappa shape index (κ1) is 19.2. The first-order valence-electron chi connectivity index (χ1n) is 9.07. The molecule has 0 aliphatic carbocycles. The van der Waals surface area contributed by atoms with E-state index in [0.717, 1.165) is 0 Å². The molecule has 0 bridgehead atoms. The predicted octanol–water partition coefficient (Wildman–Crippen LogP) is 3.32. The molecule has 2 heterocycles. The summed E-state index contributed by atoms with van der Waals surface area (Å²) >= 11 is 0. The van der Waals surface area contributed by atoms with Crippen LogP contribution in [0, 0.1) is 17.1 Å². The molecule has 1 aromatic heterocycles. The molecule has 3 aromatic rings. The molecule has 1 fully saturated rings. The van der Waals surface area contributed by atoms with Gasteiger partial charge in [0, 0.05) is 24.6 Å². The molecule has 1 aliphatic heterocycles. The van der Waals surface area contributed by atoms with Crippen LogP contribution in [0.25, 0.3) is 11.5 Å². The molecular formula is C20H17FN4O3S. The number of halogens is 1. The lowest BCUT2D eigenvalue weighted by atomic mass is 9.97. The largest absolute Gasteiger partial charge is 0.334 e. The van der Waals surface area contributed by atoms with E-state index in [0.29, 0.717) is 48.8 Å². The van der Waals surface area contributed by atoms with Crippen molar-refractivity contribution in [2.75, 3.05) is 13.1 Å². The fourth-order valence-electron chi connectivity index (χ4n) is 3.34. The molecule has 0 saturated carbocycles. The van der Waals surface area contributed by atoms with Crippen molar-refractivity contribution in [2.45, 2.75) is 23.7 Å². The number of aromatic nitrogens is 2. The molecule has 9 heteroatoms. The fourth-order valence-corrected chi connectivity index (χ4v) is 4.86. The average Bonchev–Trinajstić information content (AvgIpc) is 3.24. The number of rotatable bonds is 4. The third-order valence-electron chi connectivity index (χ3n) is 4.95. The second-order valence-electron chi connectivity index (χ2n) is 6.78. The summed E-state index contributed by atoms with van der Waals surface area (Å²) in [6.07, 6.45) is 1.11. The number of nitriles is 1. The topological polar surface area (TPSA) is 100 Å². The van der Waals surface area contributed by atoms with E-state index in [1.54, 1.807) is 24.3 Å². The van der Waals surface area contributed by atoms with E-state index in [1.807, 2.05) is 6.07 Å². The molecule has 0 radical (unpaired) electrons. The molecule has 2 aromatic carbocycles. The number of piperidine rings is 1. The van der Waals surface area contributed by atoms with Crippen LogP contribution in [0.3, 0.4) is 0 Å². The maximum atomic E-state index is 13.1. The van der Waals surface area contributed by atoms with E-state index in [4.69, 9.17) is 9.78 Å². The Hall–Kier alpha value is -3.09. The lowest BCUT2D eigenvalue weighted by Gasteiger charge is -2.29. The minimum absolute atomic E-state index is 0.0233. The van der Waals surface area contributed by atoms with Gasteiger partial charge in [-0.15, -0.1) is 0 Å². The summed E-state index contributed by atoms with van der Waals surface area (Å²) in [7, 11) is -3.66. The first-order valence-corrected chi connectivity index (χ1v) is 10.5. The van der Waals surface area contributed by atoms with Gasteiger partial charge in [-0.05, 0) is 55.3 Å². The molecule has 4 rings (SSSR count). The van der Waals surface area contributed by atoms with E-state index in [2.05, 4.69) is 10.1 Å². The third kappa shape index (κ3) is 3.90. The molecule has 0 N–H and O–H groups in total. The Bertz CT molecular complexity index is 1160. The molecular weight excluding hydrogens is 395 g/mol. The Labute approximate surface area is 167 Å². The fraction of sp³-hybridized carbons (Fsp3) is 0.250. The molecule has 0 atom stereocenters. The van der Waals surface area contributed by atoms with Gasteiger partial charge in [-0.3, -0.25) is 0 Å². The average molecular weight is 412 g/mol. The van der Waals surface area contributed by atoms with Crippen molar-refractivity contribution in [1.82, 2.24) is 14.4 Å². The standard InChI is InChI=1S/C20H17FN4O3S/c21-17-6-4-16(5-7-17)20-23-19(24-28-20)15-8-10-25(11-9-15)29(26,27)18-3-1-2-14(12-18)13-22/h1-7,12,15H,8-11H2. The Morgan fingerprint density at radius 1 is 1.14 bits per heavy atom. The van der Waals surface area contributed by atoms with E-state index < -0.39 is 10.0 Å². The van der Waals surface area contributed by atoms with Crippen LogP contribution in [0.15, 0.2) is 57.9 Å². The normalized spacial score (nSPS) is 15.9. The molecule has 0 spiro atoms. The number of hydrogen-bond donors (Lipinski definition) is 0. The summed E-state index contributed by atoms with van der Waals surface area (Å²) in [4.78, 5) is 4.52. The van der Waals surface area contributed by atoms with Crippen molar-refractivity contribution >= 4 is 10.0 Å². The van der Waals surface area contributed by atoms with E-state index in [1.165, 1.54) is 28.6 Å². The van der Waals surface area contributed by atoms with Gasteiger partial charge in [0.05, 0.1) is 16.5 Å². The summed E-state index contributed by atoms with van der Waals surface area (Å²) in [5.74, 6) is 0.462. The Morgan fingerprint density at radius 2 is 1.86 bits per heavy atom. The smallest absolute Gasteiger partial charge is 0.257 e. The highest BCUT2D eigenvalue weighted by Crippen LogP contribution is 2.30. The minimum atomic E-state index is -3.66. The number of hydrogen-bond acceptors (Lipinski definition) is 6. The zero-order valence-corrected chi connectivity index (χ0v) is 16.1. The molecule has 0 amide bonds. The summed E-state index contributed by atoms with van der Waals surface area (Å²) in [5, 5.41) is 13.0. The van der Waals surface area contributed by atoms with Crippen molar-refractivity contribution in [1.29, 1.82) is 5.26 Å². The molecule has 7 nitrogen and oxygen atoms in total. The maximum Gasteiger partial charge on any atom is 0.257 e. The van der Waals surface area contributed by atoms with Gasteiger partial charge in [0.25, 0.3) is 5.89 Å². The predicted molar refractivity (Wildman–Crippen MR) is 102 cm³/mol. The van der Waals surface area contributed by atoms with E-state index >= 15 is 0 Å². The first-order chi connectivity index (χ1) is 14.0. The van der Waals surface area contributed by atoms with Crippen molar-refractivity contribution in [3.63, 3.8) is 0 Å². The number of nitrogens with zero attached hydrogens (tertiary/aromatic N) is 4. The van der Waals surface area contributed by atoms with Gasteiger partial charge in [0.1, 0.15) is 5.82 Å². The SMILES string of the molecule is N#Cc1cccc(S(=O)(=O)N2CCC(c3noc(-c4ccc(F)cc4)n3)CC2)c1. The third-order valence-corrected chi connectivity index (χ3v) is 6.85. The van der Waals surface area contributed by atoms with Crippen LogP contribution in [0.5, 0.6) is 0 Å². The summed E-state index contributed by atoms with van der Waals surface area (Å²) in [6.45, 7) is 0.647. The van der Waals surface area contributed by atoms with Crippen LogP contribution in [-0.4, -0.2) is 36.0 Å². The Kier molecular flexibility index (Phi) is 5.13. The quantitative estimate of drug-likeness (QED) is 0.652. The molecule has 1 saturated heterocycles. The van der Waals surface area contributed by atoms with Gasteiger partial charge in [0.15, 0.2) is 5.82 Å². The highest BCUT2D eigenvalue weighted by atomic mass is 32.2. The second kappa shape index (κ2) is 7.73.